The molecule has 0 bridgehead atoms. The predicted octanol–water partition coefficient (Wildman–Crippen LogP) is 4.66. The fourth-order valence-corrected chi connectivity index (χ4v) is 3.29. The van der Waals surface area contributed by atoms with Crippen LogP contribution < -0.4 is 9.47 Å². The van der Waals surface area contributed by atoms with Gasteiger partial charge in [-0.25, -0.2) is 0 Å². The highest BCUT2D eigenvalue weighted by molar-refractivity contribution is 5.44. The molecule has 25 heavy (non-hydrogen) atoms. The maximum absolute atomic E-state index is 5.52. The van der Waals surface area contributed by atoms with Crippen LogP contribution in [0.3, 0.4) is 0 Å². The number of methoxy groups -OCH3 is 1. The third-order valence-electron chi connectivity index (χ3n) is 4.80. The van der Waals surface area contributed by atoms with Crippen LogP contribution >= 0.6 is 0 Å². The molecule has 0 radical (unpaired) electrons. The summed E-state index contributed by atoms with van der Waals surface area (Å²) in [6.45, 7) is 4.53. The molecule has 1 heterocycles. The van der Waals surface area contributed by atoms with Gasteiger partial charge in [0.05, 0.1) is 6.10 Å². The molecule has 1 unspecified atom stereocenters. The summed E-state index contributed by atoms with van der Waals surface area (Å²) in [6, 6.07) is 6.25. The minimum Gasteiger partial charge on any atom is -0.454 e. The zero-order chi connectivity index (χ0) is 17.5. The van der Waals surface area contributed by atoms with Gasteiger partial charge in [-0.3, -0.25) is 0 Å². The minimum absolute atomic E-state index is 0.205. The van der Waals surface area contributed by atoms with Crippen LogP contribution in [-0.4, -0.2) is 31.5 Å². The number of hydrogen-bond donors (Lipinski definition) is 0. The van der Waals surface area contributed by atoms with E-state index >= 15 is 0 Å². The molecule has 4 heteroatoms. The van der Waals surface area contributed by atoms with E-state index in [1.54, 1.807) is 7.11 Å². The Morgan fingerprint density at radius 2 is 2.04 bits per heavy atom. The highest BCUT2D eigenvalue weighted by Crippen LogP contribution is 2.33. The Morgan fingerprint density at radius 3 is 2.80 bits per heavy atom. The first-order valence-electron chi connectivity index (χ1n) is 9.34. The van der Waals surface area contributed by atoms with E-state index in [0.717, 1.165) is 31.0 Å². The molecule has 1 aromatic rings. The number of benzene rings is 1. The number of ether oxygens (including phenoxy) is 3. The Balaban J connectivity index is 1.67. The van der Waals surface area contributed by atoms with Gasteiger partial charge in [-0.05, 0) is 36.6 Å². The first kappa shape index (κ1) is 17.9. The lowest BCUT2D eigenvalue weighted by Gasteiger charge is -2.28. The summed E-state index contributed by atoms with van der Waals surface area (Å²) >= 11 is 0. The third kappa shape index (κ3) is 4.79. The molecule has 0 N–H and O–H groups in total. The summed E-state index contributed by atoms with van der Waals surface area (Å²) in [7, 11) is 1.77. The fraction of sp³-hybridized carbons (Fsp3) is 0.524. The molecule has 1 aliphatic carbocycles. The molecule has 0 saturated carbocycles. The van der Waals surface area contributed by atoms with Crippen molar-refractivity contribution in [3.05, 3.63) is 47.7 Å². The Labute approximate surface area is 151 Å². The van der Waals surface area contributed by atoms with Gasteiger partial charge in [-0.15, -0.1) is 0 Å². The van der Waals surface area contributed by atoms with Crippen LogP contribution in [0.1, 0.15) is 44.6 Å². The zero-order valence-electron chi connectivity index (χ0n) is 15.4. The molecular formula is C21H29NO3. The standard InChI is InChI=1S/C21H29NO3/c1-3-4-5-6-13-22(18-8-10-19(23-2)11-9-18)15-17-7-12-20-21(14-17)25-16-24-20/h7-10,12,14,19H,3-6,11,13,15-16H2,1-2H3. The maximum Gasteiger partial charge on any atom is 0.231 e. The number of unbranched alkanes of at least 4 members (excludes halogenated alkanes) is 3. The summed E-state index contributed by atoms with van der Waals surface area (Å²) < 4.78 is 16.4. The Bertz CT molecular complexity index is 624. The number of nitrogens with zero attached hydrogens (tertiary/aromatic N) is 1. The topological polar surface area (TPSA) is 30.9 Å². The summed E-state index contributed by atoms with van der Waals surface area (Å²) in [5, 5.41) is 0. The lowest BCUT2D eigenvalue weighted by atomic mass is 10.1. The van der Waals surface area contributed by atoms with Gasteiger partial charge in [0.2, 0.25) is 6.79 Å². The van der Waals surface area contributed by atoms with Crippen LogP contribution in [0.4, 0.5) is 0 Å². The second-order valence-electron chi connectivity index (χ2n) is 6.67. The van der Waals surface area contributed by atoms with Gasteiger partial charge in [0.15, 0.2) is 11.5 Å². The summed E-state index contributed by atoms with van der Waals surface area (Å²) in [4.78, 5) is 2.47. The van der Waals surface area contributed by atoms with E-state index in [1.165, 1.54) is 36.9 Å². The summed E-state index contributed by atoms with van der Waals surface area (Å²) in [5.41, 5.74) is 2.55. The van der Waals surface area contributed by atoms with Crippen molar-refractivity contribution in [2.75, 3.05) is 20.4 Å². The van der Waals surface area contributed by atoms with Crippen molar-refractivity contribution in [3.63, 3.8) is 0 Å². The minimum atomic E-state index is 0.205. The molecule has 1 aliphatic heterocycles. The van der Waals surface area contributed by atoms with Gasteiger partial charge in [0.25, 0.3) is 0 Å². The van der Waals surface area contributed by atoms with Crippen molar-refractivity contribution in [2.24, 2.45) is 0 Å². The Kier molecular flexibility index (Phi) is 6.40. The average molecular weight is 343 g/mol. The molecule has 0 aromatic heterocycles. The van der Waals surface area contributed by atoms with E-state index in [4.69, 9.17) is 14.2 Å². The van der Waals surface area contributed by atoms with Crippen LogP contribution in [-0.2, 0) is 11.3 Å². The molecule has 1 aromatic carbocycles. The highest BCUT2D eigenvalue weighted by Gasteiger charge is 2.17. The number of fused-ring (bicyclic) bond motifs is 1. The molecule has 1 atom stereocenters. The molecule has 136 valence electrons. The normalized spacial score (nSPS) is 18.3. The molecule has 3 rings (SSSR count). The summed E-state index contributed by atoms with van der Waals surface area (Å²) in [6.07, 6.45) is 12.9. The van der Waals surface area contributed by atoms with Crippen molar-refractivity contribution >= 4 is 0 Å². The Hall–Kier alpha value is -1.94. The van der Waals surface area contributed by atoms with Crippen molar-refractivity contribution in [1.29, 1.82) is 0 Å². The quantitative estimate of drug-likeness (QED) is 0.610. The average Bonchev–Trinajstić information content (AvgIpc) is 3.12. The number of rotatable bonds is 9. The van der Waals surface area contributed by atoms with Crippen LogP contribution in [0.15, 0.2) is 42.1 Å². The third-order valence-corrected chi connectivity index (χ3v) is 4.80. The molecule has 0 amide bonds. The molecular weight excluding hydrogens is 314 g/mol. The first-order valence-corrected chi connectivity index (χ1v) is 9.34. The molecule has 0 fully saturated rings. The van der Waals surface area contributed by atoms with Gasteiger partial charge in [-0.1, -0.05) is 44.4 Å². The van der Waals surface area contributed by atoms with Crippen LogP contribution in [0.2, 0.25) is 0 Å². The van der Waals surface area contributed by atoms with Crippen LogP contribution in [0, 0.1) is 0 Å². The lowest BCUT2D eigenvalue weighted by molar-refractivity contribution is 0.141. The van der Waals surface area contributed by atoms with Gasteiger partial charge in [0, 0.05) is 25.9 Å². The predicted molar refractivity (Wildman–Crippen MR) is 99.8 cm³/mol. The smallest absolute Gasteiger partial charge is 0.231 e. The van der Waals surface area contributed by atoms with E-state index < -0.39 is 0 Å². The lowest BCUT2D eigenvalue weighted by Crippen LogP contribution is -2.25. The van der Waals surface area contributed by atoms with Crippen molar-refractivity contribution < 1.29 is 14.2 Å². The Morgan fingerprint density at radius 1 is 1.16 bits per heavy atom. The van der Waals surface area contributed by atoms with E-state index in [1.807, 2.05) is 6.07 Å². The van der Waals surface area contributed by atoms with E-state index in [0.29, 0.717) is 6.79 Å². The van der Waals surface area contributed by atoms with Gasteiger partial charge >= 0.3 is 0 Å². The first-order chi connectivity index (χ1) is 12.3. The summed E-state index contributed by atoms with van der Waals surface area (Å²) in [5.74, 6) is 1.70. The SMILES string of the molecule is CCCCCCN(Cc1ccc2c(c1)OCO2)C1=CCC(OC)C=C1. The maximum atomic E-state index is 5.52. The van der Waals surface area contributed by atoms with Crippen LogP contribution in [0.5, 0.6) is 11.5 Å². The largest absolute Gasteiger partial charge is 0.454 e. The molecule has 0 saturated heterocycles. The van der Waals surface area contributed by atoms with Crippen LogP contribution in [0.25, 0.3) is 0 Å². The molecule has 0 spiro atoms. The van der Waals surface area contributed by atoms with E-state index in [-0.39, 0.29) is 6.10 Å². The number of hydrogen-bond acceptors (Lipinski definition) is 4. The van der Waals surface area contributed by atoms with Gasteiger partial charge in [-0.2, -0.15) is 0 Å². The second kappa shape index (κ2) is 8.95. The monoisotopic (exact) mass is 343 g/mol. The highest BCUT2D eigenvalue weighted by atomic mass is 16.7. The van der Waals surface area contributed by atoms with Gasteiger partial charge in [0.1, 0.15) is 0 Å². The van der Waals surface area contributed by atoms with Gasteiger partial charge < -0.3 is 19.1 Å². The van der Waals surface area contributed by atoms with E-state index in [2.05, 4.69) is 42.2 Å². The molecule has 4 nitrogen and oxygen atoms in total. The van der Waals surface area contributed by atoms with Crippen molar-refractivity contribution in [1.82, 2.24) is 4.90 Å². The second-order valence-corrected chi connectivity index (χ2v) is 6.67. The molecule has 2 aliphatic rings. The van der Waals surface area contributed by atoms with Crippen molar-refractivity contribution in [3.8, 4) is 11.5 Å². The van der Waals surface area contributed by atoms with E-state index in [9.17, 15) is 0 Å². The van der Waals surface area contributed by atoms with Crippen molar-refractivity contribution in [2.45, 2.75) is 51.7 Å². The zero-order valence-corrected chi connectivity index (χ0v) is 15.4. The fourth-order valence-electron chi connectivity index (χ4n) is 3.29. The number of allylic oxidation sites excluding steroid dienone is 1.